The van der Waals surface area contributed by atoms with Crippen molar-refractivity contribution < 1.29 is 4.79 Å². The van der Waals surface area contributed by atoms with Gasteiger partial charge in [-0.05, 0) is 37.7 Å². The largest absolute Gasteiger partial charge is 0.350 e. The highest BCUT2D eigenvalue weighted by atomic mass is 16.1. The third-order valence-electron chi connectivity index (χ3n) is 2.55. The van der Waals surface area contributed by atoms with Crippen molar-refractivity contribution in [1.29, 1.82) is 0 Å². The van der Waals surface area contributed by atoms with E-state index in [1.807, 2.05) is 13.8 Å². The summed E-state index contributed by atoms with van der Waals surface area (Å²) in [6.07, 6.45) is 6.07. The molecule has 0 saturated heterocycles. The number of carbonyl (C=O) groups excluding carboxylic acids is 1. The molecule has 0 heterocycles. The van der Waals surface area contributed by atoms with Gasteiger partial charge in [-0.2, -0.15) is 0 Å². The number of rotatable bonds is 2. The average Bonchev–Trinajstić information content (AvgIpc) is 2.24. The molecule has 1 amide bonds. The smallest absolute Gasteiger partial charge is 0.243 e. The minimum absolute atomic E-state index is 0.0328. The van der Waals surface area contributed by atoms with Crippen LogP contribution in [-0.4, -0.2) is 11.9 Å². The maximum Gasteiger partial charge on any atom is 0.243 e. The third kappa shape index (κ3) is 5.05. The Morgan fingerprint density at radius 1 is 1.29 bits per heavy atom. The van der Waals surface area contributed by atoms with E-state index in [9.17, 15) is 4.79 Å². The van der Waals surface area contributed by atoms with Crippen molar-refractivity contribution in [3.63, 3.8) is 0 Å². The van der Waals surface area contributed by atoms with Gasteiger partial charge in [0.05, 0.1) is 0 Å². The van der Waals surface area contributed by atoms with E-state index in [0.29, 0.717) is 6.04 Å². The Morgan fingerprint density at radius 2 is 1.79 bits per heavy atom. The highest BCUT2D eigenvalue weighted by Gasteiger charge is 2.18. The topological polar surface area (TPSA) is 29.1 Å². The van der Waals surface area contributed by atoms with Gasteiger partial charge in [-0.1, -0.05) is 27.4 Å². The van der Waals surface area contributed by atoms with E-state index < -0.39 is 0 Å². The molecule has 1 rings (SSSR count). The molecule has 0 aromatic carbocycles. The monoisotopic (exact) mass is 197 g/mol. The van der Waals surface area contributed by atoms with Crippen molar-refractivity contribution in [1.82, 2.24) is 5.32 Å². The summed E-state index contributed by atoms with van der Waals surface area (Å²) in [5, 5.41) is 2.93. The quantitative estimate of drug-likeness (QED) is 0.678. The Hall–Kier alpha value is -0.790. The molecule has 0 unspecified atom stereocenters. The molecule has 1 saturated carbocycles. The van der Waals surface area contributed by atoms with Crippen LogP contribution in [0, 0.1) is 5.92 Å². The Labute approximate surface area is 87.8 Å². The van der Waals surface area contributed by atoms with Gasteiger partial charge in [-0.3, -0.25) is 4.79 Å². The van der Waals surface area contributed by atoms with E-state index in [2.05, 4.69) is 18.8 Å². The van der Waals surface area contributed by atoms with Crippen LogP contribution in [0.1, 0.15) is 46.5 Å². The lowest BCUT2D eigenvalue weighted by Gasteiger charge is -2.26. The van der Waals surface area contributed by atoms with Crippen LogP contribution in [0.15, 0.2) is 12.7 Å². The Bertz CT molecular complexity index is 169. The molecule has 1 aliphatic rings. The normalized spacial score (nSPS) is 25.6. The van der Waals surface area contributed by atoms with Crippen molar-refractivity contribution in [2.75, 3.05) is 0 Å². The van der Waals surface area contributed by atoms with Crippen molar-refractivity contribution in [2.45, 2.75) is 52.5 Å². The first-order valence-electron chi connectivity index (χ1n) is 5.65. The first-order valence-corrected chi connectivity index (χ1v) is 5.65. The van der Waals surface area contributed by atoms with E-state index >= 15 is 0 Å². The zero-order chi connectivity index (χ0) is 11.0. The number of carbonyl (C=O) groups is 1. The van der Waals surface area contributed by atoms with E-state index in [4.69, 9.17) is 0 Å². The van der Waals surface area contributed by atoms with Gasteiger partial charge in [0.2, 0.25) is 5.91 Å². The molecule has 1 aliphatic carbocycles. The van der Waals surface area contributed by atoms with Crippen LogP contribution in [0.2, 0.25) is 0 Å². The summed E-state index contributed by atoms with van der Waals surface area (Å²) in [7, 11) is 0. The molecule has 0 aromatic heterocycles. The summed E-state index contributed by atoms with van der Waals surface area (Å²) in [6.45, 7) is 9.70. The molecule has 82 valence electrons. The predicted octanol–water partition coefficient (Wildman–Crippen LogP) is 2.89. The average molecular weight is 197 g/mol. The molecule has 0 aliphatic heterocycles. The standard InChI is InChI=1S/C10H17NO.C2H6/c1-3-10(12)11-9-6-4-8(2)5-7-9;1-2/h3,8-9H,1,4-7H2,2H3,(H,11,12);1-2H3. The van der Waals surface area contributed by atoms with Crippen LogP contribution in [-0.2, 0) is 4.79 Å². The fraction of sp³-hybridized carbons (Fsp3) is 0.750. The molecule has 0 spiro atoms. The van der Waals surface area contributed by atoms with Crippen molar-refractivity contribution >= 4 is 5.91 Å². The van der Waals surface area contributed by atoms with Crippen LogP contribution < -0.4 is 5.32 Å². The fourth-order valence-electron chi connectivity index (χ4n) is 1.66. The van der Waals surface area contributed by atoms with Gasteiger partial charge in [-0.25, -0.2) is 0 Å². The molecular weight excluding hydrogens is 174 g/mol. The summed E-state index contributed by atoms with van der Waals surface area (Å²) < 4.78 is 0. The van der Waals surface area contributed by atoms with Crippen molar-refractivity contribution in [3.8, 4) is 0 Å². The third-order valence-corrected chi connectivity index (χ3v) is 2.55. The van der Waals surface area contributed by atoms with Crippen LogP contribution in [0.25, 0.3) is 0 Å². The minimum Gasteiger partial charge on any atom is -0.350 e. The summed E-state index contributed by atoms with van der Waals surface area (Å²) in [5.74, 6) is 0.802. The van der Waals surface area contributed by atoms with Crippen LogP contribution in [0.3, 0.4) is 0 Å². The zero-order valence-electron chi connectivity index (χ0n) is 9.68. The molecular formula is C12H23NO. The summed E-state index contributed by atoms with van der Waals surface area (Å²) >= 11 is 0. The van der Waals surface area contributed by atoms with Crippen molar-refractivity contribution in [2.24, 2.45) is 5.92 Å². The van der Waals surface area contributed by atoms with Gasteiger partial charge in [0.25, 0.3) is 0 Å². The maximum atomic E-state index is 10.9. The lowest BCUT2D eigenvalue weighted by Crippen LogP contribution is -2.36. The molecule has 1 N–H and O–H groups in total. The number of nitrogens with one attached hydrogen (secondary N) is 1. The molecule has 2 heteroatoms. The van der Waals surface area contributed by atoms with Gasteiger partial charge < -0.3 is 5.32 Å². The molecule has 0 atom stereocenters. The van der Waals surface area contributed by atoms with Gasteiger partial charge in [0, 0.05) is 6.04 Å². The van der Waals surface area contributed by atoms with Crippen molar-refractivity contribution in [3.05, 3.63) is 12.7 Å². The lowest BCUT2D eigenvalue weighted by molar-refractivity contribution is -0.117. The summed E-state index contributed by atoms with van der Waals surface area (Å²) in [4.78, 5) is 10.9. The van der Waals surface area contributed by atoms with Gasteiger partial charge in [-0.15, -0.1) is 0 Å². The lowest BCUT2D eigenvalue weighted by atomic mass is 9.87. The van der Waals surface area contributed by atoms with Gasteiger partial charge in [0.1, 0.15) is 0 Å². The zero-order valence-corrected chi connectivity index (χ0v) is 9.68. The van der Waals surface area contributed by atoms with E-state index in [-0.39, 0.29) is 5.91 Å². The molecule has 0 bridgehead atoms. The molecule has 14 heavy (non-hydrogen) atoms. The first kappa shape index (κ1) is 13.2. The number of hydrogen-bond donors (Lipinski definition) is 1. The van der Waals surface area contributed by atoms with Crippen LogP contribution in [0.5, 0.6) is 0 Å². The number of amides is 1. The molecule has 0 aromatic rings. The van der Waals surface area contributed by atoms with E-state index in [1.165, 1.54) is 18.9 Å². The van der Waals surface area contributed by atoms with Gasteiger partial charge >= 0.3 is 0 Å². The molecule has 1 fully saturated rings. The fourth-order valence-corrected chi connectivity index (χ4v) is 1.66. The van der Waals surface area contributed by atoms with Crippen LogP contribution in [0.4, 0.5) is 0 Å². The second-order valence-electron chi connectivity index (χ2n) is 3.67. The second kappa shape index (κ2) is 7.60. The highest BCUT2D eigenvalue weighted by molar-refractivity contribution is 5.87. The predicted molar refractivity (Wildman–Crippen MR) is 61.1 cm³/mol. The van der Waals surface area contributed by atoms with Gasteiger partial charge in [0.15, 0.2) is 0 Å². The summed E-state index contributed by atoms with van der Waals surface area (Å²) in [6, 6.07) is 0.395. The second-order valence-corrected chi connectivity index (χ2v) is 3.67. The van der Waals surface area contributed by atoms with E-state index in [1.54, 1.807) is 0 Å². The van der Waals surface area contributed by atoms with Crippen LogP contribution >= 0.6 is 0 Å². The Morgan fingerprint density at radius 3 is 2.21 bits per heavy atom. The maximum absolute atomic E-state index is 10.9. The minimum atomic E-state index is -0.0328. The Balaban J connectivity index is 0.000000791. The SMILES string of the molecule is C=CC(=O)NC1CCC(C)CC1.CC. The number of hydrogen-bond acceptors (Lipinski definition) is 1. The summed E-state index contributed by atoms with van der Waals surface area (Å²) in [5.41, 5.74) is 0. The molecule has 2 nitrogen and oxygen atoms in total. The Kier molecular flexibility index (Phi) is 7.17. The highest BCUT2D eigenvalue weighted by Crippen LogP contribution is 2.23. The molecule has 0 radical (unpaired) electrons. The first-order chi connectivity index (χ1) is 6.72. The van der Waals surface area contributed by atoms with E-state index in [0.717, 1.165) is 18.8 Å².